The molecule has 0 unspecified atom stereocenters. The fourth-order valence-electron chi connectivity index (χ4n) is 4.39. The summed E-state index contributed by atoms with van der Waals surface area (Å²) in [6.45, 7) is 2.49. The number of benzene rings is 3. The van der Waals surface area contributed by atoms with Gasteiger partial charge in [0.05, 0.1) is 12.6 Å². The number of fused-ring (bicyclic) bond motifs is 1. The summed E-state index contributed by atoms with van der Waals surface area (Å²) in [5.41, 5.74) is 5.32. The van der Waals surface area contributed by atoms with Crippen LogP contribution in [0.5, 0.6) is 0 Å². The first-order valence-corrected chi connectivity index (χ1v) is 11.5. The summed E-state index contributed by atoms with van der Waals surface area (Å²) in [4.78, 5) is 27.5. The van der Waals surface area contributed by atoms with E-state index in [1.165, 1.54) is 5.56 Å². The second kappa shape index (κ2) is 11.8. The van der Waals surface area contributed by atoms with Crippen LogP contribution in [0, 0.1) is 6.92 Å². The predicted molar refractivity (Wildman–Crippen MR) is 137 cm³/mol. The number of carbonyl (C=O) groups excluding carboxylic acids is 1. The van der Waals surface area contributed by atoms with Crippen molar-refractivity contribution in [1.29, 1.82) is 0 Å². The predicted octanol–water partition coefficient (Wildman–Crippen LogP) is 4.94. The van der Waals surface area contributed by atoms with Crippen molar-refractivity contribution in [2.24, 2.45) is 0 Å². The average Bonchev–Trinajstić information content (AvgIpc) is 2.95. The second-order valence-electron chi connectivity index (χ2n) is 8.71. The summed E-state index contributed by atoms with van der Waals surface area (Å²) in [6, 6.07) is 24.6. The van der Waals surface area contributed by atoms with Crippen molar-refractivity contribution in [2.45, 2.75) is 51.2 Å². The molecule has 0 saturated heterocycles. The lowest BCUT2D eigenvalue weighted by Crippen LogP contribution is -2.51. The lowest BCUT2D eigenvalue weighted by atomic mass is 10.0. The molecule has 34 heavy (non-hydrogen) atoms. The van der Waals surface area contributed by atoms with Crippen LogP contribution in [0.15, 0.2) is 78.9 Å². The van der Waals surface area contributed by atoms with Crippen LogP contribution in [0.25, 0.3) is 0 Å². The molecular weight excluding hydrogens is 448 g/mol. The number of nitrogens with zero attached hydrogens (tertiary/aromatic N) is 1. The summed E-state index contributed by atoms with van der Waals surface area (Å²) in [6.07, 6.45) is 2.34. The van der Waals surface area contributed by atoms with Gasteiger partial charge in [-0.2, -0.15) is 0 Å². The van der Waals surface area contributed by atoms with Crippen molar-refractivity contribution in [1.82, 2.24) is 5.32 Å². The Balaban J connectivity index is 0.00000324. The van der Waals surface area contributed by atoms with Gasteiger partial charge in [-0.3, -0.25) is 14.9 Å². The molecule has 0 bridgehead atoms. The van der Waals surface area contributed by atoms with Crippen molar-refractivity contribution in [3.63, 3.8) is 0 Å². The maximum atomic E-state index is 13.7. The molecule has 0 aromatic heterocycles. The van der Waals surface area contributed by atoms with Gasteiger partial charge in [0.1, 0.15) is 6.04 Å². The zero-order chi connectivity index (χ0) is 23.2. The summed E-state index contributed by atoms with van der Waals surface area (Å²) >= 11 is 0. The van der Waals surface area contributed by atoms with Crippen LogP contribution >= 0.6 is 12.4 Å². The van der Waals surface area contributed by atoms with Crippen molar-refractivity contribution < 1.29 is 14.7 Å². The molecule has 1 aliphatic rings. The van der Waals surface area contributed by atoms with Crippen molar-refractivity contribution in [3.8, 4) is 0 Å². The number of carbonyl (C=O) groups is 2. The van der Waals surface area contributed by atoms with Gasteiger partial charge in [0.15, 0.2) is 0 Å². The zero-order valence-electron chi connectivity index (χ0n) is 19.3. The Morgan fingerprint density at radius 3 is 2.38 bits per heavy atom. The molecule has 3 aromatic rings. The number of anilines is 1. The Morgan fingerprint density at radius 1 is 1.00 bits per heavy atom. The normalized spacial score (nSPS) is 16.2. The van der Waals surface area contributed by atoms with E-state index in [0.29, 0.717) is 25.8 Å². The number of nitrogens with one attached hydrogen (secondary N) is 1. The van der Waals surface area contributed by atoms with Gasteiger partial charge in [-0.15, -0.1) is 12.4 Å². The van der Waals surface area contributed by atoms with E-state index in [-0.39, 0.29) is 18.3 Å². The number of carboxylic acid groups (broad SMARTS) is 1. The van der Waals surface area contributed by atoms with E-state index in [9.17, 15) is 14.7 Å². The first-order valence-electron chi connectivity index (χ1n) is 11.5. The van der Waals surface area contributed by atoms with Gasteiger partial charge >= 0.3 is 5.97 Å². The van der Waals surface area contributed by atoms with Gasteiger partial charge in [-0.05, 0) is 55.4 Å². The number of carboxylic acids is 1. The Hall–Kier alpha value is -3.15. The second-order valence-corrected chi connectivity index (χ2v) is 8.71. The number of aliphatic carboxylic acids is 1. The molecule has 0 aliphatic carbocycles. The maximum absolute atomic E-state index is 13.7. The summed E-state index contributed by atoms with van der Waals surface area (Å²) in [5.74, 6) is -1.00. The van der Waals surface area contributed by atoms with Gasteiger partial charge in [-0.25, -0.2) is 0 Å². The number of rotatable bonds is 8. The number of aryl methyl sites for hydroxylation is 3. The smallest absolute Gasteiger partial charge is 0.320 e. The minimum atomic E-state index is -0.925. The monoisotopic (exact) mass is 478 g/mol. The summed E-state index contributed by atoms with van der Waals surface area (Å²) in [5, 5.41) is 13.0. The Morgan fingerprint density at radius 2 is 1.68 bits per heavy atom. The van der Waals surface area contributed by atoms with Crippen LogP contribution in [-0.2, 0) is 29.0 Å². The highest BCUT2D eigenvalue weighted by atomic mass is 35.5. The van der Waals surface area contributed by atoms with Gasteiger partial charge in [0.2, 0.25) is 5.91 Å². The van der Waals surface area contributed by atoms with Crippen LogP contribution < -0.4 is 10.2 Å². The van der Waals surface area contributed by atoms with Crippen LogP contribution in [0.3, 0.4) is 0 Å². The molecule has 2 N–H and O–H groups in total. The van der Waals surface area contributed by atoms with Crippen molar-refractivity contribution in [2.75, 3.05) is 4.90 Å². The van der Waals surface area contributed by atoms with E-state index >= 15 is 0 Å². The van der Waals surface area contributed by atoms with E-state index in [2.05, 4.69) is 11.4 Å². The van der Waals surface area contributed by atoms with Crippen molar-refractivity contribution >= 4 is 30.0 Å². The van der Waals surface area contributed by atoms with E-state index in [0.717, 1.165) is 28.8 Å². The topological polar surface area (TPSA) is 69.6 Å². The fourth-order valence-corrected chi connectivity index (χ4v) is 4.39. The van der Waals surface area contributed by atoms with Crippen LogP contribution in [0.1, 0.15) is 35.1 Å². The highest BCUT2D eigenvalue weighted by molar-refractivity contribution is 5.98. The third-order valence-electron chi connectivity index (χ3n) is 6.28. The quantitative estimate of drug-likeness (QED) is 0.481. The van der Waals surface area contributed by atoms with Gasteiger partial charge in [0, 0.05) is 5.69 Å². The first kappa shape index (κ1) is 25.5. The van der Waals surface area contributed by atoms with Gasteiger partial charge < -0.3 is 10.0 Å². The third-order valence-corrected chi connectivity index (χ3v) is 6.28. The maximum Gasteiger partial charge on any atom is 0.320 e. The molecule has 1 amide bonds. The third kappa shape index (κ3) is 6.25. The molecule has 6 heteroatoms. The number of amides is 1. The molecular formula is C28H31ClN2O3. The molecule has 2 atom stereocenters. The van der Waals surface area contributed by atoms with Crippen LogP contribution in [0.2, 0.25) is 0 Å². The van der Waals surface area contributed by atoms with E-state index in [4.69, 9.17) is 0 Å². The Bertz CT molecular complexity index is 1100. The average molecular weight is 479 g/mol. The standard InChI is InChI=1S/C28H30N2O3.ClH/c1-20-11-13-22(14-12-20)19-30-26-10-6-5-9-23(26)16-18-24(27(30)31)29-25(28(32)33)17-15-21-7-3-2-4-8-21;/h2-14,24-25,29H,15-19H2,1H3,(H,32,33);1H/t24-,25-;/m0./s1. The summed E-state index contributed by atoms with van der Waals surface area (Å²) in [7, 11) is 0. The Labute approximate surface area is 207 Å². The van der Waals surface area contributed by atoms with E-state index in [1.807, 2.05) is 79.7 Å². The highest BCUT2D eigenvalue weighted by Gasteiger charge is 2.33. The SMILES string of the molecule is Cc1ccc(CN2C(=O)[C@@H](N[C@@H](CCc3ccccc3)C(=O)O)CCc3ccccc32)cc1.Cl. The molecule has 178 valence electrons. The Kier molecular flexibility index (Phi) is 8.85. The molecule has 0 radical (unpaired) electrons. The molecule has 0 fully saturated rings. The lowest BCUT2D eigenvalue weighted by molar-refractivity contribution is -0.140. The van der Waals surface area contributed by atoms with Gasteiger partial charge in [-0.1, -0.05) is 78.4 Å². The molecule has 0 spiro atoms. The number of hydrogen-bond acceptors (Lipinski definition) is 3. The number of hydrogen-bond donors (Lipinski definition) is 2. The van der Waals surface area contributed by atoms with Crippen LogP contribution in [0.4, 0.5) is 5.69 Å². The molecule has 0 saturated carbocycles. The van der Waals surface area contributed by atoms with Crippen molar-refractivity contribution in [3.05, 3.63) is 101 Å². The first-order chi connectivity index (χ1) is 16.0. The minimum Gasteiger partial charge on any atom is -0.480 e. The molecule has 5 nitrogen and oxygen atoms in total. The molecule has 4 rings (SSSR count). The summed E-state index contributed by atoms with van der Waals surface area (Å²) < 4.78 is 0. The molecule has 1 heterocycles. The minimum absolute atomic E-state index is 0. The molecule has 1 aliphatic heterocycles. The van der Waals surface area contributed by atoms with Gasteiger partial charge in [0.25, 0.3) is 0 Å². The zero-order valence-corrected chi connectivity index (χ0v) is 20.1. The van der Waals surface area contributed by atoms with E-state index in [1.54, 1.807) is 4.90 Å². The fraction of sp³-hybridized carbons (Fsp3) is 0.286. The highest BCUT2D eigenvalue weighted by Crippen LogP contribution is 2.29. The number of halogens is 1. The van der Waals surface area contributed by atoms with E-state index < -0.39 is 18.1 Å². The number of para-hydroxylation sites is 1. The van der Waals surface area contributed by atoms with Crippen LogP contribution in [-0.4, -0.2) is 29.1 Å². The molecule has 3 aromatic carbocycles. The lowest BCUT2D eigenvalue weighted by Gasteiger charge is -2.28. The largest absolute Gasteiger partial charge is 0.480 e.